The average Bonchev–Trinajstić information content (AvgIpc) is 3.19. The number of unbranched alkanes of at least 4 members (excludes halogenated alkanes) is 1. The Bertz CT molecular complexity index is 679. The summed E-state index contributed by atoms with van der Waals surface area (Å²) in [7, 11) is 0. The van der Waals surface area contributed by atoms with Crippen LogP contribution >= 0.6 is 0 Å². The second-order valence-corrected chi connectivity index (χ2v) is 7.69. The molecule has 2 amide bonds. The molecular formula is C22H35N5O. The van der Waals surface area contributed by atoms with E-state index in [4.69, 9.17) is 0 Å². The molecule has 0 spiro atoms. The average molecular weight is 386 g/mol. The minimum absolute atomic E-state index is 0.0777. The van der Waals surface area contributed by atoms with Crippen LogP contribution in [-0.4, -0.2) is 35.2 Å². The number of carbonyl (C=O) groups is 1. The van der Waals surface area contributed by atoms with Gasteiger partial charge in [0.2, 0.25) is 0 Å². The Morgan fingerprint density at radius 3 is 2.50 bits per heavy atom. The van der Waals surface area contributed by atoms with E-state index in [1.54, 1.807) is 0 Å². The van der Waals surface area contributed by atoms with Gasteiger partial charge in [0.1, 0.15) is 0 Å². The van der Waals surface area contributed by atoms with E-state index in [0.717, 1.165) is 45.3 Å². The molecule has 2 aromatic rings. The van der Waals surface area contributed by atoms with Gasteiger partial charge in [-0.05, 0) is 50.8 Å². The standard InChI is InChI=1S/C22H35N5O/c1-4-5-12-24-21(28)25-14-11-19-7-9-20(10-8-19)22(2,3)26-13-6-16-27-17-15-23-18-27/h7-10,15,17-18,26H,4-6,11-14,16H2,1-3H3,(H2,24,25,28). The molecule has 0 saturated carbocycles. The van der Waals surface area contributed by atoms with Crippen LogP contribution in [0, 0.1) is 0 Å². The molecule has 0 aliphatic carbocycles. The molecule has 1 aromatic carbocycles. The molecular weight excluding hydrogens is 350 g/mol. The number of hydrogen-bond acceptors (Lipinski definition) is 3. The van der Waals surface area contributed by atoms with Crippen molar-refractivity contribution in [3.63, 3.8) is 0 Å². The van der Waals surface area contributed by atoms with Gasteiger partial charge < -0.3 is 20.5 Å². The normalized spacial score (nSPS) is 11.4. The Balaban J connectivity index is 1.70. The topological polar surface area (TPSA) is 71.0 Å². The molecule has 154 valence electrons. The van der Waals surface area contributed by atoms with Crippen molar-refractivity contribution in [2.24, 2.45) is 0 Å². The number of urea groups is 1. The third-order valence-corrected chi connectivity index (χ3v) is 4.91. The van der Waals surface area contributed by atoms with E-state index in [1.807, 2.05) is 18.7 Å². The first kappa shape index (κ1) is 22.0. The highest BCUT2D eigenvalue weighted by molar-refractivity contribution is 5.73. The Kier molecular flexibility index (Phi) is 9.01. The van der Waals surface area contributed by atoms with Gasteiger partial charge in [-0.2, -0.15) is 0 Å². The lowest BCUT2D eigenvalue weighted by Crippen LogP contribution is -2.37. The number of aromatic nitrogens is 2. The van der Waals surface area contributed by atoms with Crippen molar-refractivity contribution >= 4 is 6.03 Å². The van der Waals surface area contributed by atoms with Gasteiger partial charge in [-0.1, -0.05) is 37.6 Å². The summed E-state index contributed by atoms with van der Waals surface area (Å²) in [6.45, 7) is 9.84. The number of carbonyl (C=O) groups excluding carboxylic acids is 1. The molecule has 0 fully saturated rings. The monoisotopic (exact) mass is 385 g/mol. The van der Waals surface area contributed by atoms with E-state index in [0.29, 0.717) is 6.54 Å². The highest BCUT2D eigenvalue weighted by atomic mass is 16.2. The molecule has 0 atom stereocenters. The molecule has 0 saturated heterocycles. The fourth-order valence-electron chi connectivity index (χ4n) is 3.03. The molecule has 6 nitrogen and oxygen atoms in total. The second kappa shape index (κ2) is 11.5. The Labute approximate surface area is 169 Å². The van der Waals surface area contributed by atoms with Gasteiger partial charge >= 0.3 is 6.03 Å². The summed E-state index contributed by atoms with van der Waals surface area (Å²) >= 11 is 0. The maximum Gasteiger partial charge on any atom is 0.314 e. The highest BCUT2D eigenvalue weighted by Crippen LogP contribution is 2.20. The summed E-state index contributed by atoms with van der Waals surface area (Å²) < 4.78 is 2.10. The number of aryl methyl sites for hydroxylation is 1. The summed E-state index contributed by atoms with van der Waals surface area (Å²) in [5.41, 5.74) is 2.42. The molecule has 3 N–H and O–H groups in total. The molecule has 28 heavy (non-hydrogen) atoms. The van der Waals surface area contributed by atoms with E-state index in [9.17, 15) is 4.79 Å². The van der Waals surface area contributed by atoms with Gasteiger partial charge in [-0.25, -0.2) is 9.78 Å². The summed E-state index contributed by atoms with van der Waals surface area (Å²) in [5.74, 6) is 0. The minimum atomic E-state index is -0.0785. The van der Waals surface area contributed by atoms with Crippen molar-refractivity contribution in [1.82, 2.24) is 25.5 Å². The van der Waals surface area contributed by atoms with Gasteiger partial charge in [-0.3, -0.25) is 0 Å². The van der Waals surface area contributed by atoms with Gasteiger partial charge in [0.15, 0.2) is 0 Å². The third-order valence-electron chi connectivity index (χ3n) is 4.91. The van der Waals surface area contributed by atoms with Crippen LogP contribution in [0.15, 0.2) is 43.0 Å². The van der Waals surface area contributed by atoms with Crippen LogP contribution < -0.4 is 16.0 Å². The van der Waals surface area contributed by atoms with Crippen LogP contribution in [0.25, 0.3) is 0 Å². The molecule has 0 aliphatic heterocycles. The zero-order valence-corrected chi connectivity index (χ0v) is 17.5. The summed E-state index contributed by atoms with van der Waals surface area (Å²) in [6, 6.07) is 8.59. The number of amides is 2. The van der Waals surface area contributed by atoms with E-state index >= 15 is 0 Å². The van der Waals surface area contributed by atoms with Crippen molar-refractivity contribution in [1.29, 1.82) is 0 Å². The number of nitrogens with zero attached hydrogens (tertiary/aromatic N) is 2. The highest BCUT2D eigenvalue weighted by Gasteiger charge is 2.19. The molecule has 1 heterocycles. The molecule has 0 radical (unpaired) electrons. The number of nitrogens with one attached hydrogen (secondary N) is 3. The summed E-state index contributed by atoms with van der Waals surface area (Å²) in [4.78, 5) is 15.7. The SMILES string of the molecule is CCCCNC(=O)NCCc1ccc(C(C)(C)NCCCn2ccnc2)cc1. The van der Waals surface area contributed by atoms with Gasteiger partial charge in [0.05, 0.1) is 6.33 Å². The van der Waals surface area contributed by atoms with Crippen molar-refractivity contribution < 1.29 is 4.79 Å². The van der Waals surface area contributed by atoms with Gasteiger partial charge in [0, 0.05) is 37.6 Å². The van der Waals surface area contributed by atoms with Crippen LogP contribution in [0.1, 0.15) is 51.2 Å². The quantitative estimate of drug-likeness (QED) is 0.490. The van der Waals surface area contributed by atoms with Crippen LogP contribution in [0.4, 0.5) is 4.79 Å². The first-order chi connectivity index (χ1) is 13.5. The molecule has 2 rings (SSSR count). The number of imidazole rings is 1. The van der Waals surface area contributed by atoms with E-state index < -0.39 is 0 Å². The maximum atomic E-state index is 11.7. The lowest BCUT2D eigenvalue weighted by atomic mass is 9.93. The van der Waals surface area contributed by atoms with E-state index in [-0.39, 0.29) is 11.6 Å². The minimum Gasteiger partial charge on any atom is -0.338 e. The molecule has 6 heteroatoms. The fourth-order valence-corrected chi connectivity index (χ4v) is 3.03. The smallest absolute Gasteiger partial charge is 0.314 e. The predicted molar refractivity (Wildman–Crippen MR) is 114 cm³/mol. The zero-order chi connectivity index (χ0) is 20.2. The van der Waals surface area contributed by atoms with Crippen molar-refractivity contribution in [3.05, 3.63) is 54.1 Å². The fraction of sp³-hybridized carbons (Fsp3) is 0.545. The van der Waals surface area contributed by atoms with Gasteiger partial charge in [0.25, 0.3) is 0 Å². The van der Waals surface area contributed by atoms with E-state index in [2.05, 4.69) is 70.5 Å². The van der Waals surface area contributed by atoms with Gasteiger partial charge in [-0.15, -0.1) is 0 Å². The largest absolute Gasteiger partial charge is 0.338 e. The predicted octanol–water partition coefficient (Wildman–Crippen LogP) is 3.44. The molecule has 0 unspecified atom stereocenters. The number of rotatable bonds is 12. The molecule has 0 aliphatic rings. The van der Waals surface area contributed by atoms with Crippen LogP contribution in [0.2, 0.25) is 0 Å². The molecule has 0 bridgehead atoms. The van der Waals surface area contributed by atoms with Crippen LogP contribution in [-0.2, 0) is 18.5 Å². The Morgan fingerprint density at radius 1 is 1.07 bits per heavy atom. The second-order valence-electron chi connectivity index (χ2n) is 7.69. The number of hydrogen-bond donors (Lipinski definition) is 3. The Hall–Kier alpha value is -2.34. The van der Waals surface area contributed by atoms with Crippen molar-refractivity contribution in [2.75, 3.05) is 19.6 Å². The van der Waals surface area contributed by atoms with E-state index in [1.165, 1.54) is 11.1 Å². The maximum absolute atomic E-state index is 11.7. The van der Waals surface area contributed by atoms with Crippen LogP contribution in [0.5, 0.6) is 0 Å². The zero-order valence-electron chi connectivity index (χ0n) is 17.5. The molecule has 1 aromatic heterocycles. The first-order valence-corrected chi connectivity index (χ1v) is 10.3. The lowest BCUT2D eigenvalue weighted by Gasteiger charge is -2.27. The lowest BCUT2D eigenvalue weighted by molar-refractivity contribution is 0.241. The van der Waals surface area contributed by atoms with Crippen LogP contribution in [0.3, 0.4) is 0 Å². The van der Waals surface area contributed by atoms with Crippen molar-refractivity contribution in [3.8, 4) is 0 Å². The summed E-state index contributed by atoms with van der Waals surface area (Å²) in [5, 5.41) is 9.42. The number of benzene rings is 1. The Morgan fingerprint density at radius 2 is 1.82 bits per heavy atom. The van der Waals surface area contributed by atoms with Crippen molar-refractivity contribution in [2.45, 2.75) is 58.5 Å². The summed E-state index contributed by atoms with van der Waals surface area (Å²) in [6.07, 6.45) is 9.66. The first-order valence-electron chi connectivity index (χ1n) is 10.3. The third kappa shape index (κ3) is 7.72.